The molecule has 7 nitrogen and oxygen atoms in total. The Morgan fingerprint density at radius 3 is 2.44 bits per heavy atom. The molecule has 1 aliphatic carbocycles. The molecule has 0 aromatic heterocycles. The van der Waals surface area contributed by atoms with Crippen LogP contribution in [0.4, 0.5) is 0 Å². The molecule has 2 fully saturated rings. The molecule has 1 aliphatic heterocycles. The van der Waals surface area contributed by atoms with E-state index >= 15 is 0 Å². The van der Waals surface area contributed by atoms with Gasteiger partial charge in [0.2, 0.25) is 0 Å². The van der Waals surface area contributed by atoms with Crippen molar-refractivity contribution < 1.29 is 4.79 Å². The molecule has 130 valence electrons. The topological polar surface area (TPSA) is 107 Å². The largest absolute Gasteiger partial charge is 0.329 e. The summed E-state index contributed by atoms with van der Waals surface area (Å²) in [6.45, 7) is 0.892. The van der Waals surface area contributed by atoms with Gasteiger partial charge in [0.1, 0.15) is 16.7 Å². The van der Waals surface area contributed by atoms with E-state index < -0.39 is 0 Å². The molecule has 1 heterocycles. The Hall–Kier alpha value is -2.48. The fourth-order valence-electron chi connectivity index (χ4n) is 2.62. The van der Waals surface area contributed by atoms with Crippen LogP contribution in [0.3, 0.4) is 0 Å². The first-order chi connectivity index (χ1) is 12.0. The first-order valence-corrected chi connectivity index (χ1v) is 8.56. The van der Waals surface area contributed by atoms with Crippen molar-refractivity contribution in [2.75, 3.05) is 19.6 Å². The lowest BCUT2D eigenvalue weighted by Gasteiger charge is -2.36. The lowest BCUT2D eigenvalue weighted by atomic mass is 10.2. The molecule has 1 saturated heterocycles. The van der Waals surface area contributed by atoms with Gasteiger partial charge in [-0.05, 0) is 25.0 Å². The highest BCUT2D eigenvalue weighted by Gasteiger charge is 2.30. The second-order valence-electron chi connectivity index (χ2n) is 6.13. The van der Waals surface area contributed by atoms with Gasteiger partial charge in [0.15, 0.2) is 5.84 Å². The van der Waals surface area contributed by atoms with E-state index in [1.807, 2.05) is 18.2 Å². The molecule has 1 saturated carbocycles. The normalized spacial score (nSPS) is 18.3. The monoisotopic (exact) mass is 356 g/mol. The van der Waals surface area contributed by atoms with Crippen molar-refractivity contribution in [1.82, 2.24) is 9.80 Å². The van der Waals surface area contributed by atoms with E-state index in [9.17, 15) is 4.79 Å². The first kappa shape index (κ1) is 17.3. The Morgan fingerprint density at radius 2 is 1.84 bits per heavy atom. The number of aliphatic imine (C=N–C) groups is 1. The summed E-state index contributed by atoms with van der Waals surface area (Å²) >= 11 is 4.22. The molecule has 0 unspecified atom stereocenters. The number of nitrogens with zero attached hydrogens (tertiary/aromatic N) is 3. The van der Waals surface area contributed by atoms with Crippen LogP contribution in [0.1, 0.15) is 23.2 Å². The maximum absolute atomic E-state index is 12.5. The van der Waals surface area contributed by atoms with E-state index in [4.69, 9.17) is 16.2 Å². The Morgan fingerprint density at radius 1 is 1.16 bits per heavy atom. The molecule has 1 amide bonds. The maximum Gasteiger partial charge on any atom is 0.254 e. The molecule has 0 spiro atoms. The standard InChI is InChI=1S/C17H20N6OS/c18-13-10-22(17(24)12-4-2-1-3-5-12)8-9-23(13)15(20)16(25)21-14(19)11-6-7-11/h1-5,11,18,20H,6-10H2,(H2,19,21,25). The molecule has 0 radical (unpaired) electrons. The van der Waals surface area contributed by atoms with Gasteiger partial charge in [0, 0.05) is 24.6 Å². The van der Waals surface area contributed by atoms with Crippen molar-refractivity contribution in [3.05, 3.63) is 35.9 Å². The third-order valence-corrected chi connectivity index (χ3v) is 4.55. The number of thiol groups is 1. The highest BCUT2D eigenvalue weighted by molar-refractivity contribution is 7.99. The van der Waals surface area contributed by atoms with Gasteiger partial charge in [0.05, 0.1) is 6.54 Å². The average molecular weight is 356 g/mol. The first-order valence-electron chi connectivity index (χ1n) is 8.11. The van der Waals surface area contributed by atoms with Crippen LogP contribution in [0.2, 0.25) is 0 Å². The van der Waals surface area contributed by atoms with Crippen molar-refractivity contribution in [3.63, 3.8) is 0 Å². The van der Waals surface area contributed by atoms with E-state index in [1.54, 1.807) is 17.0 Å². The number of amidine groups is 3. The number of hydrogen-bond donors (Lipinski definition) is 4. The summed E-state index contributed by atoms with van der Waals surface area (Å²) in [6, 6.07) is 8.97. The van der Waals surface area contributed by atoms with E-state index in [1.165, 1.54) is 4.90 Å². The molecule has 0 atom stereocenters. The molecular weight excluding hydrogens is 336 g/mol. The molecule has 3 N–H and O–H groups in total. The summed E-state index contributed by atoms with van der Waals surface area (Å²) in [5, 5.41) is 24.3. The lowest BCUT2D eigenvalue weighted by molar-refractivity contribution is 0.0757. The summed E-state index contributed by atoms with van der Waals surface area (Å²) in [7, 11) is 0. The van der Waals surface area contributed by atoms with E-state index in [0.29, 0.717) is 18.7 Å². The second-order valence-corrected chi connectivity index (χ2v) is 6.56. The predicted molar refractivity (Wildman–Crippen MR) is 101 cm³/mol. The number of rotatable bonds is 3. The quantitative estimate of drug-likeness (QED) is 0.378. The van der Waals surface area contributed by atoms with Crippen LogP contribution < -0.4 is 0 Å². The molecule has 1 aromatic rings. The molecular formula is C17H20N6OS. The fraction of sp³-hybridized carbons (Fsp3) is 0.353. The van der Waals surface area contributed by atoms with E-state index in [0.717, 1.165) is 12.8 Å². The summed E-state index contributed by atoms with van der Waals surface area (Å²) < 4.78 is 0. The van der Waals surface area contributed by atoms with Crippen LogP contribution in [-0.4, -0.2) is 57.9 Å². The minimum Gasteiger partial charge on any atom is -0.329 e. The highest BCUT2D eigenvalue weighted by atomic mass is 32.1. The zero-order valence-electron chi connectivity index (χ0n) is 13.7. The van der Waals surface area contributed by atoms with Crippen LogP contribution in [0.15, 0.2) is 35.3 Å². The third-order valence-electron chi connectivity index (χ3n) is 4.24. The number of carbonyl (C=O) groups is 1. The summed E-state index contributed by atoms with van der Waals surface area (Å²) in [5.74, 6) is 0.478. The molecule has 8 heteroatoms. The third kappa shape index (κ3) is 3.96. The van der Waals surface area contributed by atoms with E-state index in [2.05, 4.69) is 17.6 Å². The van der Waals surface area contributed by atoms with Gasteiger partial charge in [-0.25, -0.2) is 4.99 Å². The molecule has 3 rings (SSSR count). The van der Waals surface area contributed by atoms with Crippen LogP contribution in [-0.2, 0) is 0 Å². The van der Waals surface area contributed by atoms with Gasteiger partial charge in [-0.15, -0.1) is 12.6 Å². The Labute approximate surface area is 151 Å². The Kier molecular flexibility index (Phi) is 4.98. The van der Waals surface area contributed by atoms with Crippen LogP contribution in [0.5, 0.6) is 0 Å². The number of hydrogen-bond acceptors (Lipinski definition) is 4. The molecule has 1 aromatic carbocycles. The number of piperazine rings is 1. The maximum atomic E-state index is 12.5. The minimum atomic E-state index is -0.119. The van der Waals surface area contributed by atoms with Gasteiger partial charge in [-0.2, -0.15) is 0 Å². The van der Waals surface area contributed by atoms with Crippen molar-refractivity contribution in [3.8, 4) is 0 Å². The van der Waals surface area contributed by atoms with Crippen LogP contribution in [0.25, 0.3) is 0 Å². The van der Waals surface area contributed by atoms with E-state index in [-0.39, 0.29) is 40.9 Å². The van der Waals surface area contributed by atoms with Crippen molar-refractivity contribution >= 4 is 41.1 Å². The SMILES string of the molecule is N=C(/N=C(\S)C(=N)N1CCN(C(=O)c2ccccc2)CC1=N)C1CC1. The van der Waals surface area contributed by atoms with Crippen molar-refractivity contribution in [2.45, 2.75) is 12.8 Å². The van der Waals surface area contributed by atoms with Crippen molar-refractivity contribution in [2.24, 2.45) is 10.9 Å². The van der Waals surface area contributed by atoms with Gasteiger partial charge < -0.3 is 9.80 Å². The number of benzene rings is 1. The summed E-state index contributed by atoms with van der Waals surface area (Å²) in [5.41, 5.74) is 0.591. The van der Waals surface area contributed by atoms with Gasteiger partial charge in [-0.1, -0.05) is 18.2 Å². The highest BCUT2D eigenvalue weighted by Crippen LogP contribution is 2.30. The smallest absolute Gasteiger partial charge is 0.254 e. The van der Waals surface area contributed by atoms with Gasteiger partial charge >= 0.3 is 0 Å². The lowest BCUT2D eigenvalue weighted by Crippen LogP contribution is -2.54. The van der Waals surface area contributed by atoms with Crippen molar-refractivity contribution in [1.29, 1.82) is 16.2 Å². The zero-order chi connectivity index (χ0) is 18.0. The van der Waals surface area contributed by atoms with Gasteiger partial charge in [0.25, 0.3) is 5.91 Å². The molecule has 2 aliphatic rings. The average Bonchev–Trinajstić information content (AvgIpc) is 3.46. The zero-order valence-corrected chi connectivity index (χ0v) is 14.6. The number of nitrogens with one attached hydrogen (secondary N) is 3. The fourth-order valence-corrected chi connectivity index (χ4v) is 2.85. The van der Waals surface area contributed by atoms with Crippen LogP contribution in [0, 0.1) is 22.1 Å². The second kappa shape index (κ2) is 7.18. The summed E-state index contributed by atoms with van der Waals surface area (Å²) in [4.78, 5) is 19.6. The number of amides is 1. The van der Waals surface area contributed by atoms with Crippen LogP contribution >= 0.6 is 12.6 Å². The predicted octanol–water partition coefficient (Wildman–Crippen LogP) is 2.11. The molecule has 0 bridgehead atoms. The molecule has 25 heavy (non-hydrogen) atoms. The summed E-state index contributed by atoms with van der Waals surface area (Å²) in [6.07, 6.45) is 1.93. The number of carbonyl (C=O) groups excluding carboxylic acids is 1. The Bertz CT molecular complexity index is 756. The van der Waals surface area contributed by atoms with Gasteiger partial charge in [-0.3, -0.25) is 21.0 Å². The Balaban J connectivity index is 1.63. The minimum absolute atomic E-state index is 0.00513.